The van der Waals surface area contributed by atoms with Crippen molar-refractivity contribution >= 4 is 22.8 Å². The number of aromatic carboxylic acids is 1. The van der Waals surface area contributed by atoms with Gasteiger partial charge in [0.25, 0.3) is 5.91 Å². The summed E-state index contributed by atoms with van der Waals surface area (Å²) in [6, 6.07) is 11.0. The molecule has 3 fully saturated rings. The summed E-state index contributed by atoms with van der Waals surface area (Å²) in [5.41, 5.74) is 4.08. The molecular formula is C28H31N3O4. The Hall–Kier alpha value is -3.32. The van der Waals surface area contributed by atoms with E-state index < -0.39 is 5.97 Å². The van der Waals surface area contributed by atoms with Crippen LogP contribution in [0.25, 0.3) is 10.9 Å². The SMILES string of the molecule is COc1cc(C)c2[nH]ccc2c1C(=O)N1C[C@@H]2[C@@H]3[C@H](CN2C[C@@H]1c1ccc(C(=O)O)cc1)C3(C)C. The standard InChI is InChI=1S/C28H31N3O4/c1-15-11-22(35-4)23(18-9-10-29-25(15)18)26(32)31-14-21-24-19(28(24,2)3)12-30(21)13-20(31)16-5-7-17(8-6-16)27(33)34/h5-11,19-21,24,29H,12-14H2,1-4H3,(H,33,34)/t19-,20+,21+,24-/m0/s1. The smallest absolute Gasteiger partial charge is 0.335 e. The van der Waals surface area contributed by atoms with Crippen LogP contribution < -0.4 is 4.74 Å². The first-order valence-electron chi connectivity index (χ1n) is 12.2. The van der Waals surface area contributed by atoms with E-state index in [4.69, 9.17) is 4.74 Å². The number of ether oxygens (including phenoxy) is 1. The Morgan fingerprint density at radius 1 is 1.11 bits per heavy atom. The number of aromatic amines is 1. The van der Waals surface area contributed by atoms with Gasteiger partial charge in [0.2, 0.25) is 0 Å². The highest BCUT2D eigenvalue weighted by molar-refractivity contribution is 6.10. The molecule has 35 heavy (non-hydrogen) atoms. The number of fused-ring (bicyclic) bond motifs is 4. The third kappa shape index (κ3) is 3.21. The van der Waals surface area contributed by atoms with Crippen LogP contribution in [-0.4, -0.2) is 64.6 Å². The Balaban J connectivity index is 1.43. The van der Waals surface area contributed by atoms with Gasteiger partial charge < -0.3 is 19.7 Å². The van der Waals surface area contributed by atoms with Gasteiger partial charge in [-0.05, 0) is 59.6 Å². The average Bonchev–Trinajstić information content (AvgIpc) is 3.24. The first-order chi connectivity index (χ1) is 16.7. The molecule has 3 aliphatic rings. The molecule has 1 amide bonds. The zero-order valence-electron chi connectivity index (χ0n) is 20.5. The number of carbonyl (C=O) groups is 2. The van der Waals surface area contributed by atoms with Crippen molar-refractivity contribution in [2.75, 3.05) is 26.7 Å². The molecule has 1 aromatic heterocycles. The Kier molecular flexibility index (Phi) is 4.81. The number of nitrogens with one attached hydrogen (secondary N) is 1. The lowest BCUT2D eigenvalue weighted by Crippen LogP contribution is -2.56. The fourth-order valence-corrected chi connectivity index (χ4v) is 6.86. The maximum Gasteiger partial charge on any atom is 0.335 e. The van der Waals surface area contributed by atoms with Crippen LogP contribution >= 0.6 is 0 Å². The van der Waals surface area contributed by atoms with Crippen molar-refractivity contribution < 1.29 is 19.4 Å². The van der Waals surface area contributed by atoms with E-state index in [0.717, 1.165) is 35.1 Å². The summed E-state index contributed by atoms with van der Waals surface area (Å²) in [5, 5.41) is 10.2. The maximum atomic E-state index is 14.4. The van der Waals surface area contributed by atoms with Crippen molar-refractivity contribution in [3.05, 3.63) is 64.8 Å². The minimum Gasteiger partial charge on any atom is -0.496 e. The van der Waals surface area contributed by atoms with Crippen molar-refractivity contribution in [2.45, 2.75) is 32.9 Å². The molecule has 2 saturated heterocycles. The largest absolute Gasteiger partial charge is 0.496 e. The zero-order valence-corrected chi connectivity index (χ0v) is 20.5. The normalized spacial score (nSPS) is 26.9. The number of amides is 1. The number of carbonyl (C=O) groups excluding carboxylic acids is 1. The van der Waals surface area contributed by atoms with Gasteiger partial charge in [-0.25, -0.2) is 4.79 Å². The number of hydrogen-bond donors (Lipinski definition) is 2. The maximum absolute atomic E-state index is 14.4. The summed E-state index contributed by atoms with van der Waals surface area (Å²) in [6.07, 6.45) is 1.86. The summed E-state index contributed by atoms with van der Waals surface area (Å²) in [4.78, 5) is 33.6. The Morgan fingerprint density at radius 3 is 2.54 bits per heavy atom. The number of aryl methyl sites for hydroxylation is 1. The highest BCUT2D eigenvalue weighted by Gasteiger charge is 2.67. The van der Waals surface area contributed by atoms with Crippen molar-refractivity contribution in [1.82, 2.24) is 14.8 Å². The Morgan fingerprint density at radius 2 is 1.86 bits per heavy atom. The monoisotopic (exact) mass is 473 g/mol. The summed E-state index contributed by atoms with van der Waals surface area (Å²) in [6.45, 7) is 9.15. The number of piperidine rings is 1. The van der Waals surface area contributed by atoms with E-state index in [2.05, 4.69) is 23.7 Å². The first-order valence-corrected chi connectivity index (χ1v) is 12.2. The van der Waals surface area contributed by atoms with Crippen molar-refractivity contribution in [3.63, 3.8) is 0 Å². The van der Waals surface area contributed by atoms with Gasteiger partial charge in [-0.2, -0.15) is 0 Å². The van der Waals surface area contributed by atoms with Crippen LogP contribution in [-0.2, 0) is 0 Å². The quantitative estimate of drug-likeness (QED) is 0.589. The summed E-state index contributed by atoms with van der Waals surface area (Å²) < 4.78 is 5.71. The molecule has 0 spiro atoms. The first kappa shape index (κ1) is 22.2. The van der Waals surface area contributed by atoms with E-state index in [9.17, 15) is 14.7 Å². The Labute approximate surface area is 204 Å². The second kappa shape index (κ2) is 7.59. The van der Waals surface area contributed by atoms with Crippen LogP contribution in [0.4, 0.5) is 0 Å². The van der Waals surface area contributed by atoms with E-state index >= 15 is 0 Å². The molecule has 1 saturated carbocycles. The van der Waals surface area contributed by atoms with Crippen LogP contribution in [0.2, 0.25) is 0 Å². The van der Waals surface area contributed by atoms with Crippen LogP contribution in [0.3, 0.4) is 0 Å². The van der Waals surface area contributed by atoms with Gasteiger partial charge >= 0.3 is 5.97 Å². The fourth-order valence-electron chi connectivity index (χ4n) is 6.86. The lowest BCUT2D eigenvalue weighted by atomic mass is 9.93. The number of aromatic nitrogens is 1. The molecule has 0 bridgehead atoms. The molecule has 7 heteroatoms. The molecule has 0 radical (unpaired) electrons. The summed E-state index contributed by atoms with van der Waals surface area (Å²) in [5.74, 6) is 0.857. The second-order valence-corrected chi connectivity index (χ2v) is 10.9. The highest BCUT2D eigenvalue weighted by atomic mass is 16.5. The molecule has 0 unspecified atom stereocenters. The Bertz CT molecular complexity index is 1340. The van der Waals surface area contributed by atoms with Crippen molar-refractivity contribution in [3.8, 4) is 5.75 Å². The predicted octanol–water partition coefficient (Wildman–Crippen LogP) is 4.34. The lowest BCUT2D eigenvalue weighted by molar-refractivity contribution is 0.0218. The van der Waals surface area contributed by atoms with Gasteiger partial charge in [0, 0.05) is 42.8 Å². The fraction of sp³-hybridized carbons (Fsp3) is 0.429. The molecule has 3 heterocycles. The molecule has 3 aromatic rings. The average molecular weight is 474 g/mol. The van der Waals surface area contributed by atoms with E-state index in [1.165, 1.54) is 0 Å². The molecular weight excluding hydrogens is 442 g/mol. The lowest BCUT2D eigenvalue weighted by Gasteiger charge is -2.46. The molecule has 6 rings (SSSR count). The third-order valence-electron chi connectivity index (χ3n) is 8.86. The topological polar surface area (TPSA) is 85.9 Å². The number of nitrogens with zero attached hydrogens (tertiary/aromatic N) is 2. The number of rotatable bonds is 4. The molecule has 2 aromatic carbocycles. The molecule has 2 aliphatic heterocycles. The minimum absolute atomic E-state index is 0.0414. The van der Waals surface area contributed by atoms with Crippen molar-refractivity contribution in [1.29, 1.82) is 0 Å². The third-order valence-corrected chi connectivity index (χ3v) is 8.86. The number of methoxy groups -OCH3 is 1. The van der Waals surface area contributed by atoms with Gasteiger partial charge in [0.15, 0.2) is 0 Å². The second-order valence-electron chi connectivity index (χ2n) is 10.9. The predicted molar refractivity (Wildman–Crippen MR) is 133 cm³/mol. The minimum atomic E-state index is -0.950. The van der Waals surface area contributed by atoms with Gasteiger partial charge in [0.1, 0.15) is 5.75 Å². The zero-order chi connectivity index (χ0) is 24.6. The van der Waals surface area contributed by atoms with Crippen molar-refractivity contribution in [2.24, 2.45) is 17.3 Å². The number of carboxylic acids is 1. The molecule has 182 valence electrons. The number of hydrogen-bond acceptors (Lipinski definition) is 4. The van der Waals surface area contributed by atoms with Gasteiger partial charge in [-0.3, -0.25) is 9.69 Å². The molecule has 1 aliphatic carbocycles. The number of benzene rings is 2. The van der Waals surface area contributed by atoms with Crippen LogP contribution in [0.1, 0.15) is 51.7 Å². The molecule has 2 N–H and O–H groups in total. The van der Waals surface area contributed by atoms with Crippen LogP contribution in [0, 0.1) is 24.2 Å². The summed E-state index contributed by atoms with van der Waals surface area (Å²) in [7, 11) is 1.61. The van der Waals surface area contributed by atoms with E-state index in [1.807, 2.05) is 42.3 Å². The number of piperazine rings is 1. The molecule has 4 atom stereocenters. The van der Waals surface area contributed by atoms with Gasteiger partial charge in [0.05, 0.1) is 24.3 Å². The van der Waals surface area contributed by atoms with E-state index in [-0.39, 0.29) is 17.5 Å². The van der Waals surface area contributed by atoms with Gasteiger partial charge in [-0.1, -0.05) is 26.0 Å². The number of H-pyrrole nitrogens is 1. The highest BCUT2D eigenvalue weighted by Crippen LogP contribution is 2.65. The van der Waals surface area contributed by atoms with E-state index in [1.54, 1.807) is 19.2 Å². The molecule has 7 nitrogen and oxygen atoms in total. The van der Waals surface area contributed by atoms with Crippen LogP contribution in [0.5, 0.6) is 5.75 Å². The van der Waals surface area contributed by atoms with Gasteiger partial charge in [-0.15, -0.1) is 0 Å². The van der Waals surface area contributed by atoms with Crippen LogP contribution in [0.15, 0.2) is 42.6 Å². The van der Waals surface area contributed by atoms with E-state index in [0.29, 0.717) is 41.2 Å². The summed E-state index contributed by atoms with van der Waals surface area (Å²) >= 11 is 0. The number of carboxylic acid groups (broad SMARTS) is 1.